The van der Waals surface area contributed by atoms with E-state index in [0.717, 1.165) is 17.5 Å². The van der Waals surface area contributed by atoms with Gasteiger partial charge in [0.1, 0.15) is 5.82 Å². The lowest BCUT2D eigenvalue weighted by Crippen LogP contribution is -2.04. The molecular weight excluding hydrogens is 265 g/mol. The zero-order valence-electron chi connectivity index (χ0n) is 12.2. The van der Waals surface area contributed by atoms with E-state index in [9.17, 15) is 4.39 Å². The summed E-state index contributed by atoms with van der Waals surface area (Å²) in [6.45, 7) is 4.52. The summed E-state index contributed by atoms with van der Waals surface area (Å²) < 4.78 is 15.5. The monoisotopic (exact) mass is 283 g/mol. The Balaban J connectivity index is 2.03. The highest BCUT2D eigenvalue weighted by Gasteiger charge is 2.11. The Morgan fingerprint density at radius 1 is 1.14 bits per heavy atom. The summed E-state index contributed by atoms with van der Waals surface area (Å²) in [6, 6.07) is 11.7. The number of halogens is 1. The molecule has 0 atom stereocenters. The van der Waals surface area contributed by atoms with Gasteiger partial charge in [-0.2, -0.15) is 0 Å². The van der Waals surface area contributed by atoms with Gasteiger partial charge in [-0.05, 0) is 36.1 Å². The number of fused-ring (bicyclic) bond motifs is 1. The third-order valence-corrected chi connectivity index (χ3v) is 3.83. The highest BCUT2D eigenvalue weighted by Crippen LogP contribution is 2.22. The van der Waals surface area contributed by atoms with Crippen molar-refractivity contribution in [2.24, 2.45) is 0 Å². The number of hydrogen-bond donors (Lipinski definition) is 1. The zero-order valence-corrected chi connectivity index (χ0v) is 12.2. The maximum absolute atomic E-state index is 13.6. The number of aryl methyl sites for hydroxylation is 2. The number of aromatic nitrogens is 2. The standard InChI is InChI=1S/C17H18FN3/c1-3-12-4-6-13(7-5-12)10-21-16-8-11(2)14(18)9-15(16)20-17(21)19/h4-9H,3,10H2,1-2H3,(H2,19,20). The highest BCUT2D eigenvalue weighted by atomic mass is 19.1. The van der Waals surface area contributed by atoms with Gasteiger partial charge in [-0.1, -0.05) is 31.2 Å². The smallest absolute Gasteiger partial charge is 0.201 e. The Morgan fingerprint density at radius 3 is 2.48 bits per heavy atom. The molecule has 0 spiro atoms. The molecule has 0 saturated heterocycles. The van der Waals surface area contributed by atoms with E-state index in [0.29, 0.717) is 23.6 Å². The van der Waals surface area contributed by atoms with Crippen molar-refractivity contribution in [3.8, 4) is 0 Å². The van der Waals surface area contributed by atoms with Gasteiger partial charge in [0, 0.05) is 6.07 Å². The number of rotatable bonds is 3. The Kier molecular flexibility index (Phi) is 3.37. The minimum atomic E-state index is -0.251. The van der Waals surface area contributed by atoms with Gasteiger partial charge >= 0.3 is 0 Å². The van der Waals surface area contributed by atoms with Gasteiger partial charge in [-0.3, -0.25) is 0 Å². The van der Waals surface area contributed by atoms with Gasteiger partial charge < -0.3 is 10.3 Å². The number of anilines is 1. The molecule has 0 aliphatic heterocycles. The van der Waals surface area contributed by atoms with E-state index >= 15 is 0 Å². The van der Waals surface area contributed by atoms with Crippen LogP contribution in [0.3, 0.4) is 0 Å². The zero-order chi connectivity index (χ0) is 15.0. The molecular formula is C17H18FN3. The second-order valence-electron chi connectivity index (χ2n) is 5.32. The van der Waals surface area contributed by atoms with Crippen LogP contribution in [0.4, 0.5) is 10.3 Å². The molecule has 0 unspecified atom stereocenters. The first kappa shape index (κ1) is 13.6. The molecule has 0 bridgehead atoms. The predicted octanol–water partition coefficient (Wildman–Crippen LogP) is 3.68. The van der Waals surface area contributed by atoms with Gasteiger partial charge in [0.15, 0.2) is 0 Å². The molecule has 3 rings (SSSR count). The molecule has 0 aliphatic carbocycles. The lowest BCUT2D eigenvalue weighted by Gasteiger charge is -2.08. The highest BCUT2D eigenvalue weighted by molar-refractivity contribution is 5.79. The topological polar surface area (TPSA) is 43.8 Å². The lowest BCUT2D eigenvalue weighted by molar-refractivity contribution is 0.620. The number of nitrogens with zero attached hydrogens (tertiary/aromatic N) is 2. The fourth-order valence-electron chi connectivity index (χ4n) is 2.50. The second kappa shape index (κ2) is 5.20. The van der Waals surface area contributed by atoms with E-state index in [4.69, 9.17) is 5.73 Å². The van der Waals surface area contributed by atoms with Crippen molar-refractivity contribution in [3.05, 3.63) is 58.9 Å². The van der Waals surface area contributed by atoms with Crippen molar-refractivity contribution >= 4 is 17.0 Å². The Labute approximate surface area is 123 Å². The first-order valence-corrected chi connectivity index (χ1v) is 7.08. The molecule has 0 saturated carbocycles. The predicted molar refractivity (Wildman–Crippen MR) is 83.8 cm³/mol. The molecule has 0 radical (unpaired) electrons. The lowest BCUT2D eigenvalue weighted by atomic mass is 10.1. The summed E-state index contributed by atoms with van der Waals surface area (Å²) in [4.78, 5) is 4.25. The van der Waals surface area contributed by atoms with Crippen LogP contribution in [0.5, 0.6) is 0 Å². The molecule has 21 heavy (non-hydrogen) atoms. The van der Waals surface area contributed by atoms with Crippen molar-refractivity contribution in [1.29, 1.82) is 0 Å². The fraction of sp³-hybridized carbons (Fsp3) is 0.235. The van der Waals surface area contributed by atoms with Crippen molar-refractivity contribution in [1.82, 2.24) is 9.55 Å². The van der Waals surface area contributed by atoms with E-state index in [1.807, 2.05) is 4.57 Å². The largest absolute Gasteiger partial charge is 0.369 e. The van der Waals surface area contributed by atoms with E-state index < -0.39 is 0 Å². The summed E-state index contributed by atoms with van der Waals surface area (Å²) in [6.07, 6.45) is 1.02. The molecule has 1 aromatic heterocycles. The maximum Gasteiger partial charge on any atom is 0.201 e. The van der Waals surface area contributed by atoms with E-state index in [1.165, 1.54) is 11.6 Å². The van der Waals surface area contributed by atoms with Crippen LogP contribution in [0, 0.1) is 12.7 Å². The summed E-state index contributed by atoms with van der Waals surface area (Å²) in [7, 11) is 0. The van der Waals surface area contributed by atoms with Crippen molar-refractivity contribution in [2.75, 3.05) is 5.73 Å². The van der Waals surface area contributed by atoms with Crippen LogP contribution in [-0.4, -0.2) is 9.55 Å². The maximum atomic E-state index is 13.6. The van der Waals surface area contributed by atoms with Gasteiger partial charge in [-0.25, -0.2) is 9.37 Å². The Morgan fingerprint density at radius 2 is 1.81 bits per heavy atom. The number of imidazole rings is 1. The third-order valence-electron chi connectivity index (χ3n) is 3.83. The van der Waals surface area contributed by atoms with Crippen LogP contribution in [0.15, 0.2) is 36.4 Å². The summed E-state index contributed by atoms with van der Waals surface area (Å²) in [5.74, 6) is 0.161. The molecule has 3 aromatic rings. The number of benzene rings is 2. The third kappa shape index (κ3) is 2.49. The van der Waals surface area contributed by atoms with Crippen molar-refractivity contribution in [2.45, 2.75) is 26.8 Å². The second-order valence-corrected chi connectivity index (χ2v) is 5.32. The van der Waals surface area contributed by atoms with Gasteiger partial charge in [0.25, 0.3) is 0 Å². The molecule has 3 nitrogen and oxygen atoms in total. The van der Waals surface area contributed by atoms with Crippen LogP contribution in [0.1, 0.15) is 23.6 Å². The normalized spacial score (nSPS) is 11.2. The fourth-order valence-corrected chi connectivity index (χ4v) is 2.50. The first-order chi connectivity index (χ1) is 10.1. The minimum Gasteiger partial charge on any atom is -0.369 e. The minimum absolute atomic E-state index is 0.251. The average molecular weight is 283 g/mol. The quantitative estimate of drug-likeness (QED) is 0.797. The number of nitrogen functional groups attached to an aromatic ring is 1. The molecule has 2 N–H and O–H groups in total. The molecule has 2 aromatic carbocycles. The average Bonchev–Trinajstić information content (AvgIpc) is 2.76. The Bertz CT molecular complexity index is 788. The van der Waals surface area contributed by atoms with E-state index in [-0.39, 0.29) is 5.82 Å². The van der Waals surface area contributed by atoms with Gasteiger partial charge in [-0.15, -0.1) is 0 Å². The SMILES string of the molecule is CCc1ccc(Cn2c(N)nc3cc(F)c(C)cc32)cc1. The van der Waals surface area contributed by atoms with Crippen LogP contribution in [0.2, 0.25) is 0 Å². The molecule has 0 aliphatic rings. The molecule has 1 heterocycles. The Hall–Kier alpha value is -2.36. The molecule has 4 heteroatoms. The van der Waals surface area contributed by atoms with Crippen LogP contribution < -0.4 is 5.73 Å². The number of nitrogens with two attached hydrogens (primary N) is 1. The number of hydrogen-bond acceptors (Lipinski definition) is 2. The van der Waals surface area contributed by atoms with Crippen molar-refractivity contribution < 1.29 is 4.39 Å². The molecule has 108 valence electrons. The van der Waals surface area contributed by atoms with Gasteiger partial charge in [0.2, 0.25) is 5.95 Å². The molecule has 0 fully saturated rings. The van der Waals surface area contributed by atoms with Crippen LogP contribution in [-0.2, 0) is 13.0 Å². The van der Waals surface area contributed by atoms with Crippen LogP contribution >= 0.6 is 0 Å². The summed E-state index contributed by atoms with van der Waals surface area (Å²) in [5, 5.41) is 0. The van der Waals surface area contributed by atoms with Crippen molar-refractivity contribution in [3.63, 3.8) is 0 Å². The van der Waals surface area contributed by atoms with Crippen LogP contribution in [0.25, 0.3) is 11.0 Å². The van der Waals surface area contributed by atoms with Gasteiger partial charge in [0.05, 0.1) is 17.6 Å². The summed E-state index contributed by atoms with van der Waals surface area (Å²) >= 11 is 0. The van der Waals surface area contributed by atoms with E-state index in [1.54, 1.807) is 13.0 Å². The summed E-state index contributed by atoms with van der Waals surface area (Å²) in [5.41, 5.74) is 10.5. The first-order valence-electron chi connectivity index (χ1n) is 7.08. The molecule has 0 amide bonds. The van der Waals surface area contributed by atoms with E-state index in [2.05, 4.69) is 36.2 Å².